The summed E-state index contributed by atoms with van der Waals surface area (Å²) >= 11 is 0. The summed E-state index contributed by atoms with van der Waals surface area (Å²) in [6.07, 6.45) is 0. The summed E-state index contributed by atoms with van der Waals surface area (Å²) in [5.41, 5.74) is 8.54. The van der Waals surface area contributed by atoms with Crippen LogP contribution in [0.25, 0.3) is 22.3 Å². The van der Waals surface area contributed by atoms with Gasteiger partial charge in [0.1, 0.15) is 11.5 Å². The number of H-pyrrole nitrogens is 1. The van der Waals surface area contributed by atoms with Gasteiger partial charge < -0.3 is 5.73 Å². The number of aromatic amines is 1. The van der Waals surface area contributed by atoms with E-state index in [0.29, 0.717) is 5.82 Å². The average Bonchev–Trinajstić information content (AvgIpc) is 2.83. The smallest absolute Gasteiger partial charge is 0.182 e. The van der Waals surface area contributed by atoms with Crippen LogP contribution in [0.1, 0.15) is 0 Å². The zero-order valence-corrected chi connectivity index (χ0v) is 8.81. The van der Waals surface area contributed by atoms with Crippen LogP contribution in [0, 0.1) is 0 Å². The first-order chi connectivity index (χ1) is 7.77. The highest BCUT2D eigenvalue weighted by molar-refractivity contribution is 5.98. The van der Waals surface area contributed by atoms with Crippen LogP contribution in [0.3, 0.4) is 0 Å². The molecule has 0 fully saturated rings. The topological polar surface area (TPSA) is 72.5 Å². The van der Waals surface area contributed by atoms with Crippen LogP contribution in [0.4, 0.5) is 5.82 Å². The molecule has 5 nitrogen and oxygen atoms in total. The lowest BCUT2D eigenvalue weighted by Gasteiger charge is -1.96. The fraction of sp³-hybridized carbons (Fsp3) is 0.0909. The van der Waals surface area contributed by atoms with Gasteiger partial charge in [-0.25, -0.2) is 4.68 Å². The van der Waals surface area contributed by atoms with Crippen molar-refractivity contribution in [3.05, 3.63) is 30.3 Å². The Morgan fingerprint density at radius 1 is 1.25 bits per heavy atom. The molecular formula is C11H11N5. The van der Waals surface area contributed by atoms with E-state index in [1.54, 1.807) is 4.68 Å². The highest BCUT2D eigenvalue weighted by atomic mass is 15.3. The minimum atomic E-state index is 0.557. The van der Waals surface area contributed by atoms with E-state index in [1.807, 2.05) is 37.4 Å². The van der Waals surface area contributed by atoms with Gasteiger partial charge in [-0.15, -0.1) is 0 Å². The van der Waals surface area contributed by atoms with Crippen molar-refractivity contribution in [1.82, 2.24) is 20.0 Å². The second-order valence-corrected chi connectivity index (χ2v) is 3.67. The largest absolute Gasteiger partial charge is 0.383 e. The monoisotopic (exact) mass is 213 g/mol. The summed E-state index contributed by atoms with van der Waals surface area (Å²) in [5.74, 6) is 0.557. The molecule has 0 atom stereocenters. The van der Waals surface area contributed by atoms with E-state index in [-0.39, 0.29) is 0 Å². The van der Waals surface area contributed by atoms with Gasteiger partial charge in [0.2, 0.25) is 0 Å². The SMILES string of the molecule is Cn1nc(-c2ccccc2)c2c(N)[nH]nc21. The van der Waals surface area contributed by atoms with E-state index in [2.05, 4.69) is 15.3 Å². The van der Waals surface area contributed by atoms with Crippen LogP contribution in [-0.2, 0) is 7.05 Å². The van der Waals surface area contributed by atoms with Crippen LogP contribution < -0.4 is 5.73 Å². The lowest BCUT2D eigenvalue weighted by molar-refractivity contribution is 0.783. The van der Waals surface area contributed by atoms with Crippen molar-refractivity contribution < 1.29 is 0 Å². The number of fused-ring (bicyclic) bond motifs is 1. The number of aromatic nitrogens is 4. The average molecular weight is 213 g/mol. The van der Waals surface area contributed by atoms with Gasteiger partial charge in [0, 0.05) is 12.6 Å². The molecule has 3 N–H and O–H groups in total. The van der Waals surface area contributed by atoms with Gasteiger partial charge >= 0.3 is 0 Å². The van der Waals surface area contributed by atoms with Crippen molar-refractivity contribution >= 4 is 16.9 Å². The standard InChI is InChI=1S/C11H11N5/c1-16-11-8(10(12)13-14-11)9(15-16)7-5-3-2-4-6-7/h2-6H,1H3,(H3,12,13,14). The van der Waals surface area contributed by atoms with E-state index >= 15 is 0 Å². The van der Waals surface area contributed by atoms with Crippen molar-refractivity contribution in [2.75, 3.05) is 5.73 Å². The molecule has 80 valence electrons. The number of nitrogens with zero attached hydrogens (tertiary/aromatic N) is 3. The molecule has 0 aliphatic heterocycles. The first-order valence-electron chi connectivity index (χ1n) is 4.99. The molecular weight excluding hydrogens is 202 g/mol. The molecule has 0 aliphatic carbocycles. The predicted molar refractivity (Wildman–Crippen MR) is 62.7 cm³/mol. The summed E-state index contributed by atoms with van der Waals surface area (Å²) in [5, 5.41) is 12.2. The van der Waals surface area contributed by atoms with Crippen molar-refractivity contribution in [3.8, 4) is 11.3 Å². The molecule has 1 aromatic carbocycles. The molecule has 3 rings (SSSR count). The Bertz CT molecular complexity index is 635. The molecule has 0 spiro atoms. The number of benzene rings is 1. The lowest BCUT2D eigenvalue weighted by atomic mass is 10.1. The van der Waals surface area contributed by atoms with Gasteiger partial charge in [0.05, 0.1) is 5.39 Å². The van der Waals surface area contributed by atoms with Crippen LogP contribution in [0.2, 0.25) is 0 Å². The number of hydrogen-bond acceptors (Lipinski definition) is 3. The van der Waals surface area contributed by atoms with E-state index in [4.69, 9.17) is 5.73 Å². The van der Waals surface area contributed by atoms with Crippen molar-refractivity contribution in [1.29, 1.82) is 0 Å². The van der Waals surface area contributed by atoms with Gasteiger partial charge in [0.25, 0.3) is 0 Å². The molecule has 0 saturated carbocycles. The zero-order chi connectivity index (χ0) is 11.1. The predicted octanol–water partition coefficient (Wildman–Crippen LogP) is 1.55. The molecule has 2 heterocycles. The molecule has 5 heteroatoms. The van der Waals surface area contributed by atoms with Gasteiger partial charge in [-0.3, -0.25) is 5.10 Å². The number of nitrogen functional groups attached to an aromatic ring is 1. The summed E-state index contributed by atoms with van der Waals surface area (Å²) in [4.78, 5) is 0. The first kappa shape index (κ1) is 8.96. The molecule has 0 unspecified atom stereocenters. The molecule has 2 aromatic heterocycles. The highest BCUT2D eigenvalue weighted by Crippen LogP contribution is 2.29. The maximum atomic E-state index is 5.86. The number of nitrogens with one attached hydrogen (secondary N) is 1. The van der Waals surface area contributed by atoms with Crippen molar-refractivity contribution in [3.63, 3.8) is 0 Å². The summed E-state index contributed by atoms with van der Waals surface area (Å²) < 4.78 is 1.73. The Morgan fingerprint density at radius 2 is 2.00 bits per heavy atom. The zero-order valence-electron chi connectivity index (χ0n) is 8.81. The number of aryl methyl sites for hydroxylation is 1. The van der Waals surface area contributed by atoms with E-state index < -0.39 is 0 Å². The second-order valence-electron chi connectivity index (χ2n) is 3.67. The third-order valence-electron chi connectivity index (χ3n) is 2.62. The Hall–Kier alpha value is -2.30. The molecule has 0 amide bonds. The summed E-state index contributed by atoms with van der Waals surface area (Å²) in [6, 6.07) is 9.95. The van der Waals surface area contributed by atoms with Gasteiger partial charge in [-0.2, -0.15) is 10.2 Å². The van der Waals surface area contributed by atoms with Crippen LogP contribution in [-0.4, -0.2) is 20.0 Å². The Balaban J connectivity index is 2.36. The normalized spacial score (nSPS) is 11.1. The maximum Gasteiger partial charge on any atom is 0.182 e. The number of anilines is 1. The van der Waals surface area contributed by atoms with Crippen molar-refractivity contribution in [2.24, 2.45) is 7.05 Å². The Morgan fingerprint density at radius 3 is 2.75 bits per heavy atom. The molecule has 0 saturated heterocycles. The van der Waals surface area contributed by atoms with Crippen LogP contribution in [0.15, 0.2) is 30.3 Å². The lowest BCUT2D eigenvalue weighted by Crippen LogP contribution is -1.92. The molecule has 3 aromatic rings. The molecule has 0 radical (unpaired) electrons. The summed E-state index contributed by atoms with van der Waals surface area (Å²) in [6.45, 7) is 0. The van der Waals surface area contributed by atoms with Crippen LogP contribution in [0.5, 0.6) is 0 Å². The third-order valence-corrected chi connectivity index (χ3v) is 2.62. The summed E-state index contributed by atoms with van der Waals surface area (Å²) in [7, 11) is 1.86. The third kappa shape index (κ3) is 1.11. The minimum absolute atomic E-state index is 0.557. The van der Waals surface area contributed by atoms with Gasteiger partial charge in [0.15, 0.2) is 5.65 Å². The molecule has 0 aliphatic rings. The van der Waals surface area contributed by atoms with Crippen LogP contribution >= 0.6 is 0 Å². The van der Waals surface area contributed by atoms with E-state index in [0.717, 1.165) is 22.3 Å². The van der Waals surface area contributed by atoms with E-state index in [9.17, 15) is 0 Å². The quantitative estimate of drug-likeness (QED) is 0.644. The molecule has 16 heavy (non-hydrogen) atoms. The maximum absolute atomic E-state index is 5.86. The van der Waals surface area contributed by atoms with Crippen molar-refractivity contribution in [2.45, 2.75) is 0 Å². The Labute approximate surface area is 91.9 Å². The molecule has 0 bridgehead atoms. The fourth-order valence-corrected chi connectivity index (χ4v) is 1.86. The number of hydrogen-bond donors (Lipinski definition) is 2. The Kier molecular flexibility index (Phi) is 1.73. The number of nitrogens with two attached hydrogens (primary N) is 1. The van der Waals surface area contributed by atoms with E-state index in [1.165, 1.54) is 0 Å². The first-order valence-corrected chi connectivity index (χ1v) is 4.99. The van der Waals surface area contributed by atoms with Gasteiger partial charge in [-0.1, -0.05) is 30.3 Å². The minimum Gasteiger partial charge on any atom is -0.383 e. The van der Waals surface area contributed by atoms with Gasteiger partial charge in [-0.05, 0) is 0 Å². The highest BCUT2D eigenvalue weighted by Gasteiger charge is 2.15. The fourth-order valence-electron chi connectivity index (χ4n) is 1.86. The number of rotatable bonds is 1. The second kappa shape index (κ2) is 3.10.